The number of piperidine rings is 1. The van der Waals surface area contributed by atoms with Gasteiger partial charge in [-0.3, -0.25) is 4.79 Å². The molecule has 1 aromatic rings. The molecule has 26 heavy (non-hydrogen) atoms. The van der Waals surface area contributed by atoms with E-state index in [4.69, 9.17) is 4.74 Å². The van der Waals surface area contributed by atoms with Crippen LogP contribution in [0.4, 0.5) is 0 Å². The monoisotopic (exact) mass is 355 g/mol. The average molecular weight is 356 g/mol. The molecule has 1 aromatic carbocycles. The van der Waals surface area contributed by atoms with E-state index in [0.717, 1.165) is 29.2 Å². The molecule has 3 nitrogen and oxygen atoms in total. The molecule has 2 aliphatic carbocycles. The SMILES string of the molecule is COc1ccc(C(=O)C(C)C)cc1C1CCN([C@H]2C[C@H]3CC[C@H]2C3)CC1. The van der Waals surface area contributed by atoms with Crippen molar-refractivity contribution in [3.05, 3.63) is 29.3 Å². The summed E-state index contributed by atoms with van der Waals surface area (Å²) in [5.74, 6) is 3.72. The predicted octanol–water partition coefficient (Wildman–Crippen LogP) is 4.90. The number of ether oxygens (including phenoxy) is 1. The second-order valence-electron chi connectivity index (χ2n) is 9.03. The van der Waals surface area contributed by atoms with Gasteiger partial charge in [-0.25, -0.2) is 0 Å². The van der Waals surface area contributed by atoms with E-state index in [0.29, 0.717) is 5.92 Å². The second kappa shape index (κ2) is 7.34. The Morgan fingerprint density at radius 2 is 1.88 bits per heavy atom. The zero-order chi connectivity index (χ0) is 18.3. The van der Waals surface area contributed by atoms with Gasteiger partial charge in [-0.15, -0.1) is 0 Å². The zero-order valence-corrected chi connectivity index (χ0v) is 16.5. The van der Waals surface area contributed by atoms with Crippen molar-refractivity contribution in [1.29, 1.82) is 0 Å². The minimum absolute atomic E-state index is 0.0379. The van der Waals surface area contributed by atoms with Crippen LogP contribution in [0.3, 0.4) is 0 Å². The lowest BCUT2D eigenvalue weighted by atomic mass is 9.85. The molecule has 4 rings (SSSR count). The largest absolute Gasteiger partial charge is 0.496 e. The summed E-state index contributed by atoms with van der Waals surface area (Å²) in [5, 5.41) is 0. The van der Waals surface area contributed by atoms with Gasteiger partial charge in [0.2, 0.25) is 0 Å². The number of likely N-dealkylation sites (tertiary alicyclic amines) is 1. The molecule has 3 heteroatoms. The lowest BCUT2D eigenvalue weighted by molar-refractivity contribution is 0.0939. The van der Waals surface area contributed by atoms with Gasteiger partial charge in [0.25, 0.3) is 0 Å². The van der Waals surface area contributed by atoms with E-state index in [-0.39, 0.29) is 11.7 Å². The van der Waals surface area contributed by atoms with Crippen molar-refractivity contribution in [3.8, 4) is 5.75 Å². The van der Waals surface area contributed by atoms with Crippen LogP contribution in [0.1, 0.15) is 74.2 Å². The van der Waals surface area contributed by atoms with Crippen molar-refractivity contribution in [2.24, 2.45) is 17.8 Å². The summed E-state index contributed by atoms with van der Waals surface area (Å²) >= 11 is 0. The Morgan fingerprint density at radius 3 is 2.46 bits per heavy atom. The summed E-state index contributed by atoms with van der Waals surface area (Å²) in [6.07, 6.45) is 8.23. The number of hydrogen-bond donors (Lipinski definition) is 0. The third-order valence-corrected chi connectivity index (χ3v) is 7.18. The number of hydrogen-bond acceptors (Lipinski definition) is 3. The lowest BCUT2D eigenvalue weighted by Gasteiger charge is -2.40. The maximum absolute atomic E-state index is 12.4. The minimum Gasteiger partial charge on any atom is -0.496 e. The molecule has 0 aromatic heterocycles. The molecule has 1 aliphatic heterocycles. The highest BCUT2D eigenvalue weighted by molar-refractivity contribution is 5.97. The number of ketones is 1. The van der Waals surface area contributed by atoms with Crippen molar-refractivity contribution in [2.75, 3.05) is 20.2 Å². The first-order valence-electron chi connectivity index (χ1n) is 10.5. The van der Waals surface area contributed by atoms with Gasteiger partial charge < -0.3 is 9.64 Å². The highest BCUT2D eigenvalue weighted by atomic mass is 16.5. The Kier molecular flexibility index (Phi) is 5.09. The fraction of sp³-hybridized carbons (Fsp3) is 0.696. The highest BCUT2D eigenvalue weighted by Crippen LogP contribution is 2.48. The minimum atomic E-state index is 0.0379. The van der Waals surface area contributed by atoms with E-state index < -0.39 is 0 Å². The molecular weight excluding hydrogens is 322 g/mol. The van der Waals surface area contributed by atoms with Crippen LogP contribution < -0.4 is 4.74 Å². The molecular formula is C23H33NO2. The Morgan fingerprint density at radius 1 is 1.12 bits per heavy atom. The van der Waals surface area contributed by atoms with E-state index in [1.165, 1.54) is 57.2 Å². The van der Waals surface area contributed by atoms with Gasteiger partial charge in [-0.2, -0.15) is 0 Å². The van der Waals surface area contributed by atoms with Crippen molar-refractivity contribution in [1.82, 2.24) is 4.90 Å². The molecule has 0 radical (unpaired) electrons. The zero-order valence-electron chi connectivity index (χ0n) is 16.5. The maximum atomic E-state index is 12.4. The van der Waals surface area contributed by atoms with Crippen molar-refractivity contribution < 1.29 is 9.53 Å². The predicted molar refractivity (Wildman–Crippen MR) is 105 cm³/mol. The first-order valence-corrected chi connectivity index (χ1v) is 10.5. The van der Waals surface area contributed by atoms with Gasteiger partial charge in [0.1, 0.15) is 5.75 Å². The topological polar surface area (TPSA) is 29.5 Å². The highest BCUT2D eigenvalue weighted by Gasteiger charge is 2.43. The standard InChI is InChI=1S/C23H33NO2/c1-15(2)23(25)19-6-7-22(26-3)20(14-19)17-8-10-24(11-9-17)21-13-16-4-5-18(21)12-16/h6-7,14-18,21H,4-5,8-13H2,1-3H3/t16-,18-,21-/m0/s1. The van der Waals surface area contributed by atoms with Crippen LogP contribution in [-0.2, 0) is 0 Å². The number of Topliss-reactive ketones (excluding diaryl/α,β-unsaturated/α-hetero) is 1. The molecule has 0 amide bonds. The third kappa shape index (κ3) is 3.31. The van der Waals surface area contributed by atoms with Crippen LogP contribution in [0, 0.1) is 17.8 Å². The summed E-state index contributed by atoms with van der Waals surface area (Å²) in [7, 11) is 1.74. The molecule has 1 heterocycles. The summed E-state index contributed by atoms with van der Waals surface area (Å²) in [4.78, 5) is 15.2. The summed E-state index contributed by atoms with van der Waals surface area (Å²) in [5.41, 5.74) is 2.08. The Labute approximate surface area is 158 Å². The summed E-state index contributed by atoms with van der Waals surface area (Å²) < 4.78 is 5.64. The van der Waals surface area contributed by atoms with E-state index in [1.54, 1.807) is 7.11 Å². The van der Waals surface area contributed by atoms with Gasteiger partial charge in [0.05, 0.1) is 7.11 Å². The number of fused-ring (bicyclic) bond motifs is 2. The molecule has 0 unspecified atom stereocenters. The van der Waals surface area contributed by atoms with Gasteiger partial charge in [-0.1, -0.05) is 20.3 Å². The Balaban J connectivity index is 1.46. The lowest BCUT2D eigenvalue weighted by Crippen LogP contribution is -2.43. The Bertz CT molecular complexity index is 660. The molecule has 142 valence electrons. The number of nitrogens with zero attached hydrogens (tertiary/aromatic N) is 1. The quantitative estimate of drug-likeness (QED) is 0.704. The molecule has 3 fully saturated rings. The van der Waals surface area contributed by atoms with Gasteiger partial charge >= 0.3 is 0 Å². The molecule has 1 saturated heterocycles. The van der Waals surface area contributed by atoms with E-state index >= 15 is 0 Å². The number of carbonyl (C=O) groups excluding carboxylic acids is 1. The second-order valence-corrected chi connectivity index (χ2v) is 9.03. The fourth-order valence-corrected chi connectivity index (χ4v) is 5.74. The third-order valence-electron chi connectivity index (χ3n) is 7.18. The van der Waals surface area contributed by atoms with Gasteiger partial charge in [0, 0.05) is 17.5 Å². The maximum Gasteiger partial charge on any atom is 0.165 e. The van der Waals surface area contributed by atoms with Crippen LogP contribution in [0.5, 0.6) is 5.75 Å². The fourth-order valence-electron chi connectivity index (χ4n) is 5.74. The van der Waals surface area contributed by atoms with Crippen LogP contribution in [0.25, 0.3) is 0 Å². The number of carbonyl (C=O) groups is 1. The summed E-state index contributed by atoms with van der Waals surface area (Å²) in [6.45, 7) is 6.34. The number of methoxy groups -OCH3 is 1. The first-order chi connectivity index (χ1) is 12.6. The number of rotatable bonds is 5. The van der Waals surface area contributed by atoms with Crippen LogP contribution >= 0.6 is 0 Å². The van der Waals surface area contributed by atoms with Crippen LogP contribution in [-0.4, -0.2) is 36.9 Å². The van der Waals surface area contributed by atoms with Crippen molar-refractivity contribution in [2.45, 2.75) is 64.3 Å². The van der Waals surface area contributed by atoms with E-state index in [1.807, 2.05) is 26.0 Å². The van der Waals surface area contributed by atoms with Crippen molar-refractivity contribution in [3.63, 3.8) is 0 Å². The average Bonchev–Trinajstić information content (AvgIpc) is 3.30. The van der Waals surface area contributed by atoms with Crippen LogP contribution in [0.2, 0.25) is 0 Å². The molecule has 0 N–H and O–H groups in total. The molecule has 2 bridgehead atoms. The Hall–Kier alpha value is -1.35. The van der Waals surface area contributed by atoms with E-state index in [9.17, 15) is 4.79 Å². The molecule has 2 saturated carbocycles. The van der Waals surface area contributed by atoms with E-state index in [2.05, 4.69) is 11.0 Å². The number of benzene rings is 1. The first kappa shape index (κ1) is 18.0. The molecule has 0 spiro atoms. The molecule has 3 aliphatic rings. The smallest absolute Gasteiger partial charge is 0.165 e. The van der Waals surface area contributed by atoms with Gasteiger partial charge in [-0.05, 0) is 86.7 Å². The normalized spacial score (nSPS) is 29.5. The van der Waals surface area contributed by atoms with Crippen molar-refractivity contribution >= 4 is 5.78 Å². The summed E-state index contributed by atoms with van der Waals surface area (Å²) in [6, 6.07) is 6.88. The molecule has 3 atom stereocenters. The van der Waals surface area contributed by atoms with Crippen LogP contribution in [0.15, 0.2) is 18.2 Å². The van der Waals surface area contributed by atoms with Gasteiger partial charge in [0.15, 0.2) is 5.78 Å².